The fraction of sp³-hybridized carbons (Fsp3) is 0.214. The molecule has 1 unspecified atom stereocenters. The van der Waals surface area contributed by atoms with E-state index in [2.05, 4.69) is 68.2 Å². The second-order valence-electron chi connectivity index (χ2n) is 4.41. The Morgan fingerprint density at radius 3 is 2.63 bits per heavy atom. The minimum Gasteiger partial charge on any atom is -0.271 e. The number of hydrogen-bond donors (Lipinski definition) is 2. The van der Waals surface area contributed by atoms with E-state index in [0.29, 0.717) is 0 Å². The van der Waals surface area contributed by atoms with Gasteiger partial charge in [0.05, 0.1) is 11.7 Å². The van der Waals surface area contributed by atoms with E-state index in [0.717, 1.165) is 20.2 Å². The number of aromatic nitrogens is 1. The third-order valence-electron chi connectivity index (χ3n) is 3.23. The van der Waals surface area contributed by atoms with Gasteiger partial charge in [-0.1, -0.05) is 18.2 Å². The highest BCUT2D eigenvalue weighted by Crippen LogP contribution is 2.30. The van der Waals surface area contributed by atoms with Crippen LogP contribution in [0.25, 0.3) is 0 Å². The van der Waals surface area contributed by atoms with Gasteiger partial charge in [0, 0.05) is 15.1 Å². The highest BCUT2D eigenvalue weighted by atomic mass is 79.9. The summed E-state index contributed by atoms with van der Waals surface area (Å²) >= 11 is 6.95. The minimum absolute atomic E-state index is 0.137. The quantitative estimate of drug-likeness (QED) is 0.625. The Bertz CT molecular complexity index is 599. The molecule has 2 aromatic rings. The topological polar surface area (TPSA) is 50.9 Å². The van der Waals surface area contributed by atoms with Gasteiger partial charge in [-0.05, 0) is 68.5 Å². The largest absolute Gasteiger partial charge is 0.271 e. The molecule has 0 radical (unpaired) electrons. The molecule has 0 spiro atoms. The Morgan fingerprint density at radius 2 is 2.00 bits per heavy atom. The minimum atomic E-state index is -0.137. The average molecular weight is 385 g/mol. The summed E-state index contributed by atoms with van der Waals surface area (Å²) in [7, 11) is 0. The first-order valence-corrected chi connectivity index (χ1v) is 7.46. The summed E-state index contributed by atoms with van der Waals surface area (Å²) in [6, 6.07) is 8.04. The van der Waals surface area contributed by atoms with Gasteiger partial charge in [-0.15, -0.1) is 0 Å². The van der Waals surface area contributed by atoms with Crippen LogP contribution in [0.2, 0.25) is 0 Å². The number of hydrogen-bond acceptors (Lipinski definition) is 3. The molecule has 100 valence electrons. The van der Waals surface area contributed by atoms with Gasteiger partial charge in [-0.3, -0.25) is 10.8 Å². The Balaban J connectivity index is 2.53. The fourth-order valence-corrected chi connectivity index (χ4v) is 3.26. The molecule has 1 aromatic carbocycles. The van der Waals surface area contributed by atoms with Gasteiger partial charge in [-0.2, -0.15) is 0 Å². The van der Waals surface area contributed by atoms with Crippen LogP contribution in [-0.4, -0.2) is 4.98 Å². The van der Waals surface area contributed by atoms with Gasteiger partial charge < -0.3 is 0 Å². The number of benzene rings is 1. The molecule has 1 aromatic heterocycles. The summed E-state index contributed by atoms with van der Waals surface area (Å²) in [4.78, 5) is 4.46. The monoisotopic (exact) mass is 383 g/mol. The van der Waals surface area contributed by atoms with Crippen LogP contribution in [0, 0.1) is 13.8 Å². The molecular formula is C14H15Br2N3. The molecule has 3 nitrogen and oxygen atoms in total. The van der Waals surface area contributed by atoms with Crippen molar-refractivity contribution in [2.24, 2.45) is 5.84 Å². The van der Waals surface area contributed by atoms with Crippen molar-refractivity contribution in [2.45, 2.75) is 19.9 Å². The second-order valence-corrected chi connectivity index (χ2v) is 6.18. The van der Waals surface area contributed by atoms with Crippen molar-refractivity contribution in [2.75, 3.05) is 0 Å². The van der Waals surface area contributed by atoms with Crippen LogP contribution >= 0.6 is 31.9 Å². The van der Waals surface area contributed by atoms with Crippen LogP contribution < -0.4 is 11.3 Å². The summed E-state index contributed by atoms with van der Waals surface area (Å²) in [5, 5.41) is 0. The highest BCUT2D eigenvalue weighted by molar-refractivity contribution is 9.11. The van der Waals surface area contributed by atoms with Crippen molar-refractivity contribution >= 4 is 31.9 Å². The van der Waals surface area contributed by atoms with E-state index >= 15 is 0 Å². The van der Waals surface area contributed by atoms with E-state index < -0.39 is 0 Å². The van der Waals surface area contributed by atoms with Crippen molar-refractivity contribution in [3.05, 3.63) is 61.8 Å². The first-order chi connectivity index (χ1) is 9.04. The SMILES string of the molecule is Cc1cccc(C(NN)c2ncc(Br)cc2Br)c1C. The molecule has 3 N–H and O–H groups in total. The standard InChI is InChI=1S/C14H15Br2N3/c1-8-4-3-5-11(9(8)2)13(19-17)14-12(16)6-10(15)7-18-14/h3-7,13,19H,17H2,1-2H3. The molecule has 5 heteroatoms. The van der Waals surface area contributed by atoms with Crippen LogP contribution in [0.4, 0.5) is 0 Å². The molecule has 2 rings (SSSR count). The van der Waals surface area contributed by atoms with E-state index in [9.17, 15) is 0 Å². The Labute approximate surface area is 129 Å². The number of aryl methyl sites for hydroxylation is 1. The molecule has 0 aliphatic heterocycles. The van der Waals surface area contributed by atoms with E-state index in [1.54, 1.807) is 6.20 Å². The summed E-state index contributed by atoms with van der Waals surface area (Å²) in [5.74, 6) is 5.74. The van der Waals surface area contributed by atoms with Gasteiger partial charge >= 0.3 is 0 Å². The molecule has 0 bridgehead atoms. The van der Waals surface area contributed by atoms with Crippen LogP contribution in [0.15, 0.2) is 39.4 Å². The Kier molecular flexibility index (Phi) is 4.73. The maximum Gasteiger partial charge on any atom is 0.0895 e. The van der Waals surface area contributed by atoms with Crippen molar-refractivity contribution < 1.29 is 0 Å². The molecule has 0 aliphatic carbocycles. The molecule has 0 aliphatic rings. The molecule has 19 heavy (non-hydrogen) atoms. The lowest BCUT2D eigenvalue weighted by Gasteiger charge is -2.20. The Morgan fingerprint density at radius 1 is 1.26 bits per heavy atom. The first kappa shape index (κ1) is 14.7. The zero-order valence-electron chi connectivity index (χ0n) is 10.7. The van der Waals surface area contributed by atoms with Gasteiger partial charge in [0.2, 0.25) is 0 Å². The highest BCUT2D eigenvalue weighted by Gasteiger charge is 2.19. The third-order valence-corrected chi connectivity index (χ3v) is 4.30. The first-order valence-electron chi connectivity index (χ1n) is 5.87. The van der Waals surface area contributed by atoms with Gasteiger partial charge in [-0.25, -0.2) is 5.43 Å². The third kappa shape index (κ3) is 3.05. The van der Waals surface area contributed by atoms with Crippen LogP contribution in [0.5, 0.6) is 0 Å². The normalized spacial score (nSPS) is 12.5. The number of hydrazine groups is 1. The Hall–Kier alpha value is -0.750. The fourth-order valence-electron chi connectivity index (χ4n) is 2.04. The van der Waals surface area contributed by atoms with Gasteiger partial charge in [0.25, 0.3) is 0 Å². The van der Waals surface area contributed by atoms with E-state index in [-0.39, 0.29) is 6.04 Å². The zero-order valence-corrected chi connectivity index (χ0v) is 13.9. The van der Waals surface area contributed by atoms with Crippen LogP contribution in [-0.2, 0) is 0 Å². The molecule has 0 amide bonds. The van der Waals surface area contributed by atoms with Crippen molar-refractivity contribution in [1.29, 1.82) is 0 Å². The lowest BCUT2D eigenvalue weighted by molar-refractivity contribution is 0.614. The van der Waals surface area contributed by atoms with Gasteiger partial charge in [0.1, 0.15) is 0 Å². The number of pyridine rings is 1. The average Bonchev–Trinajstić information content (AvgIpc) is 2.37. The molecule has 0 saturated carbocycles. The predicted octanol–water partition coefficient (Wildman–Crippen LogP) is 3.78. The smallest absolute Gasteiger partial charge is 0.0895 e. The molecule has 0 fully saturated rings. The van der Waals surface area contributed by atoms with Crippen molar-refractivity contribution in [1.82, 2.24) is 10.4 Å². The maximum atomic E-state index is 5.74. The number of nitrogens with one attached hydrogen (secondary N) is 1. The van der Waals surface area contributed by atoms with E-state index in [4.69, 9.17) is 5.84 Å². The van der Waals surface area contributed by atoms with Crippen LogP contribution in [0.3, 0.4) is 0 Å². The molecule has 1 heterocycles. The summed E-state index contributed by atoms with van der Waals surface area (Å²) in [6.45, 7) is 4.19. The second kappa shape index (κ2) is 6.13. The van der Waals surface area contributed by atoms with Gasteiger partial charge in [0.15, 0.2) is 0 Å². The van der Waals surface area contributed by atoms with E-state index in [1.807, 2.05) is 12.1 Å². The molecule has 1 atom stereocenters. The number of rotatable bonds is 3. The summed E-state index contributed by atoms with van der Waals surface area (Å²) in [6.07, 6.45) is 1.77. The maximum absolute atomic E-state index is 5.74. The van der Waals surface area contributed by atoms with Crippen molar-refractivity contribution in [3.8, 4) is 0 Å². The number of halogens is 2. The lowest BCUT2D eigenvalue weighted by atomic mass is 9.95. The molecule has 0 saturated heterocycles. The number of nitrogens with two attached hydrogens (primary N) is 1. The summed E-state index contributed by atoms with van der Waals surface area (Å²) < 4.78 is 1.85. The summed E-state index contributed by atoms with van der Waals surface area (Å²) in [5.41, 5.74) is 7.33. The zero-order chi connectivity index (χ0) is 14.0. The number of nitrogens with zero attached hydrogens (tertiary/aromatic N) is 1. The van der Waals surface area contributed by atoms with Crippen molar-refractivity contribution in [3.63, 3.8) is 0 Å². The predicted molar refractivity (Wildman–Crippen MR) is 84.7 cm³/mol. The van der Waals surface area contributed by atoms with Crippen LogP contribution in [0.1, 0.15) is 28.4 Å². The molecular weight excluding hydrogens is 370 g/mol. The van der Waals surface area contributed by atoms with E-state index in [1.165, 1.54) is 11.1 Å². The lowest BCUT2D eigenvalue weighted by Crippen LogP contribution is -2.30.